The van der Waals surface area contributed by atoms with Crippen molar-refractivity contribution in [2.45, 2.75) is 6.54 Å². The number of carbonyl (C=O) groups is 1. The van der Waals surface area contributed by atoms with Gasteiger partial charge in [0.15, 0.2) is 11.5 Å². The van der Waals surface area contributed by atoms with Crippen LogP contribution in [0.25, 0.3) is 6.08 Å². The van der Waals surface area contributed by atoms with E-state index in [1.165, 1.54) is 5.56 Å². The lowest BCUT2D eigenvalue weighted by atomic mass is 10.1. The van der Waals surface area contributed by atoms with Crippen LogP contribution in [-0.2, 0) is 11.3 Å². The summed E-state index contributed by atoms with van der Waals surface area (Å²) in [6, 6.07) is 6.06. The Balaban J connectivity index is 1.27. The molecule has 8 nitrogen and oxygen atoms in total. The van der Waals surface area contributed by atoms with Crippen molar-refractivity contribution in [3.63, 3.8) is 0 Å². The summed E-state index contributed by atoms with van der Waals surface area (Å²) in [5.41, 5.74) is 2.00. The summed E-state index contributed by atoms with van der Waals surface area (Å²) in [5, 5.41) is 0. The van der Waals surface area contributed by atoms with E-state index >= 15 is 0 Å². The van der Waals surface area contributed by atoms with Gasteiger partial charge in [-0.3, -0.25) is 9.69 Å². The molecule has 2 aromatic rings. The minimum absolute atomic E-state index is 0.0180. The Morgan fingerprint density at radius 2 is 1.83 bits per heavy atom. The number of piperazine rings is 1. The zero-order valence-corrected chi connectivity index (χ0v) is 16.7. The first-order chi connectivity index (χ1) is 14.1. The average Bonchev–Trinajstić information content (AvgIpc) is 3.21. The van der Waals surface area contributed by atoms with E-state index in [9.17, 15) is 4.79 Å². The van der Waals surface area contributed by atoms with Gasteiger partial charge in [0.05, 0.1) is 0 Å². The van der Waals surface area contributed by atoms with Crippen LogP contribution in [0, 0.1) is 0 Å². The van der Waals surface area contributed by atoms with Crippen LogP contribution in [0.4, 0.5) is 5.95 Å². The third-order valence-corrected chi connectivity index (χ3v) is 5.00. The molecule has 4 rings (SSSR count). The molecule has 0 bridgehead atoms. The van der Waals surface area contributed by atoms with Crippen molar-refractivity contribution < 1.29 is 14.3 Å². The molecular formula is C21H25N5O3. The van der Waals surface area contributed by atoms with E-state index in [0.29, 0.717) is 25.8 Å². The van der Waals surface area contributed by atoms with Gasteiger partial charge in [-0.15, -0.1) is 0 Å². The highest BCUT2D eigenvalue weighted by Crippen LogP contribution is 2.32. The topological polar surface area (TPSA) is 71.0 Å². The van der Waals surface area contributed by atoms with Crippen LogP contribution >= 0.6 is 0 Å². The van der Waals surface area contributed by atoms with Crippen LogP contribution in [-0.4, -0.2) is 72.7 Å². The first kappa shape index (κ1) is 19.2. The maximum atomic E-state index is 12.5. The van der Waals surface area contributed by atoms with Crippen molar-refractivity contribution >= 4 is 17.9 Å². The van der Waals surface area contributed by atoms with Gasteiger partial charge >= 0.3 is 0 Å². The summed E-state index contributed by atoms with van der Waals surface area (Å²) in [6.45, 7) is 4.24. The van der Waals surface area contributed by atoms with Gasteiger partial charge in [-0.25, -0.2) is 9.97 Å². The largest absolute Gasteiger partial charge is 0.454 e. The van der Waals surface area contributed by atoms with Gasteiger partial charge in [0.1, 0.15) is 0 Å². The van der Waals surface area contributed by atoms with Crippen molar-refractivity contribution in [1.82, 2.24) is 19.8 Å². The standard InChI is InChI=1S/C21H25N5O3/c1-24(2)21-22-12-17(13-23-21)4-6-20(27)26-9-7-25(8-10-26)14-16-3-5-18-19(11-16)29-15-28-18/h3-6,11-13H,7-10,14-15H2,1-2H3/b6-4+. The van der Waals surface area contributed by atoms with Gasteiger partial charge in [-0.2, -0.15) is 0 Å². The molecule has 2 aliphatic rings. The smallest absolute Gasteiger partial charge is 0.246 e. The highest BCUT2D eigenvalue weighted by atomic mass is 16.7. The number of carbonyl (C=O) groups excluding carboxylic acids is 1. The number of benzene rings is 1. The number of hydrogen-bond donors (Lipinski definition) is 0. The Hall–Kier alpha value is -3.13. The van der Waals surface area contributed by atoms with Crippen LogP contribution in [0.5, 0.6) is 11.5 Å². The molecule has 1 saturated heterocycles. The maximum absolute atomic E-state index is 12.5. The second-order valence-corrected chi connectivity index (χ2v) is 7.33. The monoisotopic (exact) mass is 395 g/mol. The summed E-state index contributed by atoms with van der Waals surface area (Å²) in [7, 11) is 3.78. The number of hydrogen-bond acceptors (Lipinski definition) is 7. The first-order valence-electron chi connectivity index (χ1n) is 9.66. The lowest BCUT2D eigenvalue weighted by molar-refractivity contribution is -0.127. The number of anilines is 1. The minimum atomic E-state index is 0.0180. The third-order valence-electron chi connectivity index (χ3n) is 5.00. The SMILES string of the molecule is CN(C)c1ncc(/C=C/C(=O)N2CCN(Cc3ccc4c(c3)OCO4)CC2)cn1. The molecule has 8 heteroatoms. The first-order valence-corrected chi connectivity index (χ1v) is 9.66. The Bertz CT molecular complexity index is 890. The molecule has 1 aromatic carbocycles. The molecule has 0 N–H and O–H groups in total. The molecule has 2 aliphatic heterocycles. The van der Waals surface area contributed by atoms with Gasteiger partial charge in [0.25, 0.3) is 0 Å². The highest BCUT2D eigenvalue weighted by Gasteiger charge is 2.20. The van der Waals surface area contributed by atoms with Crippen molar-refractivity contribution in [2.75, 3.05) is 52.0 Å². The van der Waals surface area contributed by atoms with Crippen LogP contribution in [0.1, 0.15) is 11.1 Å². The van der Waals surface area contributed by atoms with Crippen LogP contribution in [0.15, 0.2) is 36.7 Å². The van der Waals surface area contributed by atoms with Crippen molar-refractivity contribution in [2.24, 2.45) is 0 Å². The van der Waals surface area contributed by atoms with E-state index in [2.05, 4.69) is 20.9 Å². The van der Waals surface area contributed by atoms with Gasteiger partial charge in [0, 0.05) is 70.9 Å². The van der Waals surface area contributed by atoms with E-state index in [1.807, 2.05) is 36.0 Å². The number of fused-ring (bicyclic) bond motifs is 1. The fourth-order valence-electron chi connectivity index (χ4n) is 3.35. The fourth-order valence-corrected chi connectivity index (χ4v) is 3.35. The minimum Gasteiger partial charge on any atom is -0.454 e. The lowest BCUT2D eigenvalue weighted by Gasteiger charge is -2.34. The third kappa shape index (κ3) is 4.65. The molecule has 29 heavy (non-hydrogen) atoms. The van der Waals surface area contributed by atoms with Crippen LogP contribution < -0.4 is 14.4 Å². The predicted octanol–water partition coefficient (Wildman–Crippen LogP) is 1.63. The van der Waals surface area contributed by atoms with Crippen molar-refractivity contribution in [3.8, 4) is 11.5 Å². The molecule has 1 aromatic heterocycles. The van der Waals surface area contributed by atoms with Gasteiger partial charge in [0.2, 0.25) is 18.6 Å². The molecule has 0 atom stereocenters. The number of amides is 1. The molecule has 1 amide bonds. The summed E-state index contributed by atoms with van der Waals surface area (Å²) < 4.78 is 10.8. The second kappa shape index (κ2) is 8.48. The summed E-state index contributed by atoms with van der Waals surface area (Å²) in [6.07, 6.45) is 6.80. The fraction of sp³-hybridized carbons (Fsp3) is 0.381. The maximum Gasteiger partial charge on any atom is 0.246 e. The van der Waals surface area contributed by atoms with E-state index < -0.39 is 0 Å². The molecule has 0 unspecified atom stereocenters. The molecule has 3 heterocycles. The second-order valence-electron chi connectivity index (χ2n) is 7.33. The van der Waals surface area contributed by atoms with Crippen LogP contribution in [0.3, 0.4) is 0 Å². The zero-order chi connectivity index (χ0) is 20.2. The normalized spacial score (nSPS) is 16.4. The molecule has 0 aliphatic carbocycles. The van der Waals surface area contributed by atoms with Gasteiger partial charge < -0.3 is 19.3 Å². The Labute approximate surface area is 170 Å². The van der Waals surface area contributed by atoms with E-state index in [-0.39, 0.29) is 5.91 Å². The molecular weight excluding hydrogens is 370 g/mol. The predicted molar refractivity (Wildman–Crippen MR) is 110 cm³/mol. The van der Waals surface area contributed by atoms with E-state index in [0.717, 1.165) is 36.7 Å². The van der Waals surface area contributed by atoms with E-state index in [1.54, 1.807) is 24.5 Å². The number of ether oxygens (including phenoxy) is 2. The summed E-state index contributed by atoms with van der Waals surface area (Å²) in [4.78, 5) is 27.0. The summed E-state index contributed by atoms with van der Waals surface area (Å²) in [5.74, 6) is 2.28. The zero-order valence-electron chi connectivity index (χ0n) is 16.7. The van der Waals surface area contributed by atoms with Gasteiger partial charge in [-0.05, 0) is 23.8 Å². The van der Waals surface area contributed by atoms with Crippen molar-refractivity contribution in [1.29, 1.82) is 0 Å². The Kier molecular flexibility index (Phi) is 5.62. The molecule has 0 radical (unpaired) electrons. The van der Waals surface area contributed by atoms with Gasteiger partial charge in [-0.1, -0.05) is 6.07 Å². The van der Waals surface area contributed by atoms with Crippen molar-refractivity contribution in [3.05, 3.63) is 47.8 Å². The highest BCUT2D eigenvalue weighted by molar-refractivity contribution is 5.91. The molecule has 152 valence electrons. The van der Waals surface area contributed by atoms with E-state index in [4.69, 9.17) is 9.47 Å². The Morgan fingerprint density at radius 1 is 1.10 bits per heavy atom. The molecule has 0 saturated carbocycles. The molecule has 0 spiro atoms. The van der Waals surface area contributed by atoms with Crippen LogP contribution in [0.2, 0.25) is 0 Å². The quantitative estimate of drug-likeness (QED) is 0.713. The number of nitrogens with zero attached hydrogens (tertiary/aromatic N) is 5. The number of aromatic nitrogens is 2. The Morgan fingerprint density at radius 3 is 2.55 bits per heavy atom. The molecule has 1 fully saturated rings. The average molecular weight is 395 g/mol. The summed E-state index contributed by atoms with van der Waals surface area (Å²) >= 11 is 0. The number of rotatable bonds is 5. The lowest BCUT2D eigenvalue weighted by Crippen LogP contribution is -2.47.